The van der Waals surface area contributed by atoms with E-state index in [2.05, 4.69) is 15.2 Å². The maximum Gasteiger partial charge on any atom is 0.433 e. The minimum absolute atomic E-state index is 0.135. The van der Waals surface area contributed by atoms with E-state index in [-0.39, 0.29) is 22.9 Å². The summed E-state index contributed by atoms with van der Waals surface area (Å²) in [7, 11) is 0. The first-order valence-electron chi connectivity index (χ1n) is 10.4. The number of fused-ring (bicyclic) bond motifs is 1. The number of carbonyl (C=O) groups excluding carboxylic acids is 1. The molecular weight excluding hydrogens is 439 g/mol. The van der Waals surface area contributed by atoms with E-state index in [0.717, 1.165) is 36.1 Å². The van der Waals surface area contributed by atoms with Crippen molar-refractivity contribution in [3.05, 3.63) is 58.1 Å². The quantitative estimate of drug-likeness (QED) is 0.556. The molecule has 0 bridgehead atoms. The summed E-state index contributed by atoms with van der Waals surface area (Å²) in [4.78, 5) is 19.6. The summed E-state index contributed by atoms with van der Waals surface area (Å²) >= 11 is 0.974. The fraction of sp³-hybridized carbons (Fsp3) is 0.391. The van der Waals surface area contributed by atoms with Crippen LogP contribution in [0.3, 0.4) is 0 Å². The average Bonchev–Trinajstić information content (AvgIpc) is 3.04. The summed E-state index contributed by atoms with van der Waals surface area (Å²) in [6.45, 7) is 8.07. The van der Waals surface area contributed by atoms with Crippen LogP contribution in [0.25, 0.3) is 10.2 Å². The number of alkyl halides is 3. The fourth-order valence-corrected chi connectivity index (χ4v) is 5.16. The van der Waals surface area contributed by atoms with Crippen LogP contribution in [0.5, 0.6) is 0 Å². The van der Waals surface area contributed by atoms with Gasteiger partial charge in [0.1, 0.15) is 10.5 Å². The second kappa shape index (κ2) is 8.80. The topological polar surface area (TPSA) is 54.5 Å². The summed E-state index contributed by atoms with van der Waals surface area (Å²) in [6, 6.07) is 9.90. The zero-order valence-corrected chi connectivity index (χ0v) is 18.8. The van der Waals surface area contributed by atoms with Crippen molar-refractivity contribution in [2.45, 2.75) is 45.7 Å². The van der Waals surface area contributed by atoms with E-state index in [1.807, 2.05) is 38.1 Å². The van der Waals surface area contributed by atoms with Crippen molar-refractivity contribution in [2.75, 3.05) is 18.4 Å². The number of para-hydroxylation sites is 1. The van der Waals surface area contributed by atoms with Gasteiger partial charge in [0, 0.05) is 30.7 Å². The third-order valence-corrected chi connectivity index (χ3v) is 6.66. The van der Waals surface area contributed by atoms with Crippen molar-refractivity contribution >= 4 is 33.1 Å². The van der Waals surface area contributed by atoms with Gasteiger partial charge in [0.25, 0.3) is 5.91 Å². The number of aromatic nitrogens is 1. The Morgan fingerprint density at radius 1 is 1.19 bits per heavy atom. The Labute approximate surface area is 188 Å². The Bertz CT molecular complexity index is 1140. The van der Waals surface area contributed by atoms with Crippen LogP contribution in [0.15, 0.2) is 36.4 Å². The van der Waals surface area contributed by atoms with E-state index in [0.29, 0.717) is 28.1 Å². The van der Waals surface area contributed by atoms with Crippen LogP contribution in [-0.4, -0.2) is 41.1 Å². The second-order valence-electron chi connectivity index (χ2n) is 8.17. The highest BCUT2D eigenvalue weighted by molar-refractivity contribution is 7.20. The number of anilines is 1. The van der Waals surface area contributed by atoms with Gasteiger partial charge in [-0.25, -0.2) is 4.98 Å². The molecule has 32 heavy (non-hydrogen) atoms. The monoisotopic (exact) mass is 463 g/mol. The molecule has 0 saturated carbocycles. The van der Waals surface area contributed by atoms with Crippen LogP contribution >= 0.6 is 11.3 Å². The summed E-state index contributed by atoms with van der Waals surface area (Å²) < 4.78 is 44.8. The zero-order valence-electron chi connectivity index (χ0n) is 18.0. The van der Waals surface area contributed by atoms with Crippen LogP contribution in [0.2, 0.25) is 0 Å². The minimum Gasteiger partial charge on any atom is -0.373 e. The van der Waals surface area contributed by atoms with E-state index in [1.165, 1.54) is 6.07 Å². The molecule has 3 heterocycles. The number of benzene rings is 1. The molecule has 1 N–H and O–H groups in total. The first kappa shape index (κ1) is 22.7. The van der Waals surface area contributed by atoms with Crippen LogP contribution in [0, 0.1) is 6.92 Å². The largest absolute Gasteiger partial charge is 0.433 e. The number of hydrogen-bond donors (Lipinski definition) is 1. The van der Waals surface area contributed by atoms with E-state index in [9.17, 15) is 18.0 Å². The molecule has 2 atom stereocenters. The van der Waals surface area contributed by atoms with Crippen LogP contribution in [-0.2, 0) is 17.5 Å². The highest BCUT2D eigenvalue weighted by Gasteiger charge is 2.33. The lowest BCUT2D eigenvalue weighted by Crippen LogP contribution is -2.44. The lowest BCUT2D eigenvalue weighted by Gasteiger charge is -2.35. The van der Waals surface area contributed by atoms with Gasteiger partial charge in [-0.3, -0.25) is 9.69 Å². The summed E-state index contributed by atoms with van der Waals surface area (Å²) in [5.41, 5.74) is 1.32. The van der Waals surface area contributed by atoms with Gasteiger partial charge < -0.3 is 10.1 Å². The van der Waals surface area contributed by atoms with E-state index < -0.39 is 11.9 Å². The highest BCUT2D eigenvalue weighted by atomic mass is 32.1. The van der Waals surface area contributed by atoms with Gasteiger partial charge in [-0.15, -0.1) is 11.3 Å². The molecular formula is C23H24F3N3O2S. The molecule has 1 aliphatic rings. The van der Waals surface area contributed by atoms with Crippen molar-refractivity contribution in [3.63, 3.8) is 0 Å². The van der Waals surface area contributed by atoms with Gasteiger partial charge >= 0.3 is 6.18 Å². The Morgan fingerprint density at radius 3 is 2.56 bits per heavy atom. The number of rotatable bonds is 4. The predicted molar refractivity (Wildman–Crippen MR) is 119 cm³/mol. The van der Waals surface area contributed by atoms with Crippen LogP contribution in [0.4, 0.5) is 18.9 Å². The number of hydrogen-bond acceptors (Lipinski definition) is 5. The van der Waals surface area contributed by atoms with Crippen molar-refractivity contribution < 1.29 is 22.7 Å². The number of nitrogens with one attached hydrogen (secondary N) is 1. The maximum atomic E-state index is 13.1. The van der Waals surface area contributed by atoms with Gasteiger partial charge in [-0.2, -0.15) is 13.2 Å². The SMILES string of the molecule is Cc1c(C(=O)Nc2ccccc2CN2CC(C)OC(C)C2)sc2nc(C(F)(F)F)ccc12. The van der Waals surface area contributed by atoms with Gasteiger partial charge in [0.15, 0.2) is 0 Å². The van der Waals surface area contributed by atoms with Crippen molar-refractivity contribution in [1.82, 2.24) is 9.88 Å². The second-order valence-corrected chi connectivity index (χ2v) is 9.16. The number of morpholine rings is 1. The molecule has 2 unspecified atom stereocenters. The van der Waals surface area contributed by atoms with Gasteiger partial charge in [-0.05, 0) is 50.1 Å². The molecule has 2 aromatic heterocycles. The molecule has 5 nitrogen and oxygen atoms in total. The molecule has 1 saturated heterocycles. The van der Waals surface area contributed by atoms with E-state index in [1.54, 1.807) is 6.92 Å². The summed E-state index contributed by atoms with van der Waals surface area (Å²) in [5, 5.41) is 3.50. The Balaban J connectivity index is 1.57. The van der Waals surface area contributed by atoms with Gasteiger partial charge in [0.2, 0.25) is 0 Å². The number of amides is 1. The number of pyridine rings is 1. The predicted octanol–water partition coefficient (Wildman–Crippen LogP) is 5.49. The molecule has 9 heteroatoms. The normalized spacial score (nSPS) is 19.9. The molecule has 0 aliphatic carbocycles. The van der Waals surface area contributed by atoms with Crippen molar-refractivity contribution in [3.8, 4) is 0 Å². The number of nitrogens with zero attached hydrogens (tertiary/aromatic N) is 2. The number of aryl methyl sites for hydroxylation is 1. The fourth-order valence-electron chi connectivity index (χ4n) is 4.09. The number of thiophene rings is 1. The molecule has 4 rings (SSSR count). The molecule has 1 fully saturated rings. The number of halogens is 3. The smallest absolute Gasteiger partial charge is 0.373 e. The van der Waals surface area contributed by atoms with Crippen LogP contribution < -0.4 is 5.32 Å². The molecule has 1 aromatic carbocycles. The molecule has 1 amide bonds. The van der Waals surface area contributed by atoms with Crippen LogP contribution in [0.1, 0.15) is 40.3 Å². The molecule has 0 spiro atoms. The third-order valence-electron chi connectivity index (χ3n) is 5.46. The van der Waals surface area contributed by atoms with Crippen molar-refractivity contribution in [1.29, 1.82) is 0 Å². The first-order chi connectivity index (χ1) is 15.1. The van der Waals surface area contributed by atoms with E-state index in [4.69, 9.17) is 4.74 Å². The Kier molecular flexibility index (Phi) is 6.24. The lowest BCUT2D eigenvalue weighted by atomic mass is 10.1. The van der Waals surface area contributed by atoms with E-state index >= 15 is 0 Å². The standard InChI is InChI=1S/C23H24F3N3O2S/c1-13-10-29(11-14(2)31-13)12-16-6-4-5-7-18(16)27-21(30)20-15(3)17-8-9-19(23(24,25)26)28-22(17)32-20/h4-9,13-14H,10-12H2,1-3H3,(H,27,30). The van der Waals surface area contributed by atoms with Gasteiger partial charge in [-0.1, -0.05) is 18.2 Å². The Hall–Kier alpha value is -2.49. The molecule has 3 aromatic rings. The van der Waals surface area contributed by atoms with Crippen molar-refractivity contribution in [2.24, 2.45) is 0 Å². The molecule has 1 aliphatic heterocycles. The summed E-state index contributed by atoms with van der Waals surface area (Å²) in [6.07, 6.45) is -4.26. The number of ether oxygens (including phenoxy) is 1. The zero-order chi connectivity index (χ0) is 23.0. The average molecular weight is 464 g/mol. The number of carbonyl (C=O) groups is 1. The lowest BCUT2D eigenvalue weighted by molar-refractivity contribution is -0.140. The third kappa shape index (κ3) is 4.79. The minimum atomic E-state index is -4.53. The Morgan fingerprint density at radius 2 is 1.88 bits per heavy atom. The molecule has 0 radical (unpaired) electrons. The maximum absolute atomic E-state index is 13.1. The highest BCUT2D eigenvalue weighted by Crippen LogP contribution is 2.34. The molecule has 170 valence electrons. The van der Waals surface area contributed by atoms with Gasteiger partial charge in [0.05, 0.1) is 17.1 Å². The first-order valence-corrected chi connectivity index (χ1v) is 11.2. The summed E-state index contributed by atoms with van der Waals surface area (Å²) in [5.74, 6) is -0.352.